The SMILES string of the molecule is O=C(NC1=CC=C2ONCC=C2C1)c1cc2cc(F)ccc2n1Cc1cccc(F)c1. The second-order valence-corrected chi connectivity index (χ2v) is 7.48. The van der Waals surface area contributed by atoms with Crippen molar-refractivity contribution in [3.63, 3.8) is 0 Å². The van der Waals surface area contributed by atoms with Crippen molar-refractivity contribution in [1.82, 2.24) is 15.4 Å². The summed E-state index contributed by atoms with van der Waals surface area (Å²) >= 11 is 0. The maximum Gasteiger partial charge on any atom is 0.272 e. The van der Waals surface area contributed by atoms with E-state index in [1.54, 1.807) is 41.0 Å². The van der Waals surface area contributed by atoms with Gasteiger partial charge in [-0.2, -0.15) is 5.48 Å². The summed E-state index contributed by atoms with van der Waals surface area (Å²) in [5.74, 6) is -0.308. The molecule has 0 bridgehead atoms. The van der Waals surface area contributed by atoms with Crippen LogP contribution in [0.4, 0.5) is 8.78 Å². The average molecular weight is 419 g/mol. The van der Waals surface area contributed by atoms with E-state index in [1.807, 2.05) is 6.08 Å². The summed E-state index contributed by atoms with van der Waals surface area (Å²) in [5.41, 5.74) is 6.31. The van der Waals surface area contributed by atoms with Gasteiger partial charge in [-0.3, -0.25) is 4.79 Å². The van der Waals surface area contributed by atoms with Crippen molar-refractivity contribution in [2.45, 2.75) is 13.0 Å². The summed E-state index contributed by atoms with van der Waals surface area (Å²) in [6.07, 6.45) is 6.15. The number of nitrogens with one attached hydrogen (secondary N) is 2. The molecule has 2 aromatic carbocycles. The summed E-state index contributed by atoms with van der Waals surface area (Å²) in [6, 6.07) is 12.2. The first-order chi connectivity index (χ1) is 15.1. The largest absolute Gasteiger partial charge is 0.408 e. The zero-order valence-corrected chi connectivity index (χ0v) is 16.5. The fraction of sp³-hybridized carbons (Fsp3) is 0.125. The number of fused-ring (bicyclic) bond motifs is 2. The highest BCUT2D eigenvalue weighted by Gasteiger charge is 2.21. The Labute approximate surface area is 177 Å². The number of aromatic nitrogens is 1. The first-order valence-electron chi connectivity index (χ1n) is 9.91. The van der Waals surface area contributed by atoms with Gasteiger partial charge in [0, 0.05) is 29.6 Å². The molecule has 5 nitrogen and oxygen atoms in total. The molecule has 2 heterocycles. The lowest BCUT2D eigenvalue weighted by atomic mass is 10.0. The van der Waals surface area contributed by atoms with Crippen LogP contribution in [0.3, 0.4) is 0 Å². The molecule has 31 heavy (non-hydrogen) atoms. The minimum absolute atomic E-state index is 0.281. The van der Waals surface area contributed by atoms with Gasteiger partial charge in [-0.15, -0.1) is 0 Å². The van der Waals surface area contributed by atoms with Crippen LogP contribution in [0.1, 0.15) is 22.5 Å². The number of amides is 1. The fourth-order valence-electron chi connectivity index (χ4n) is 3.91. The number of carbonyl (C=O) groups excluding carboxylic acids is 1. The van der Waals surface area contributed by atoms with E-state index in [2.05, 4.69) is 10.8 Å². The third-order valence-electron chi connectivity index (χ3n) is 5.35. The van der Waals surface area contributed by atoms with Crippen LogP contribution in [0.2, 0.25) is 0 Å². The van der Waals surface area contributed by atoms with Gasteiger partial charge in [0.05, 0.1) is 6.54 Å². The minimum Gasteiger partial charge on any atom is -0.408 e. The molecule has 0 spiro atoms. The zero-order valence-electron chi connectivity index (χ0n) is 16.5. The molecule has 0 saturated carbocycles. The van der Waals surface area contributed by atoms with Crippen LogP contribution >= 0.6 is 0 Å². The van der Waals surface area contributed by atoms with Crippen LogP contribution in [-0.2, 0) is 11.4 Å². The Morgan fingerprint density at radius 1 is 1.10 bits per heavy atom. The minimum atomic E-state index is -0.382. The third-order valence-corrected chi connectivity index (χ3v) is 5.35. The Hall–Kier alpha value is -3.71. The number of benzene rings is 2. The van der Waals surface area contributed by atoms with Crippen molar-refractivity contribution >= 4 is 16.8 Å². The molecule has 156 valence electrons. The maximum atomic E-state index is 13.8. The van der Waals surface area contributed by atoms with Gasteiger partial charge in [0.2, 0.25) is 0 Å². The van der Waals surface area contributed by atoms with Gasteiger partial charge in [0.15, 0.2) is 5.76 Å². The van der Waals surface area contributed by atoms with Crippen LogP contribution < -0.4 is 10.8 Å². The molecule has 5 rings (SSSR count). The van der Waals surface area contributed by atoms with Gasteiger partial charge in [-0.1, -0.05) is 18.2 Å². The highest BCUT2D eigenvalue weighted by atomic mass is 19.1. The Kier molecular flexibility index (Phi) is 4.88. The highest BCUT2D eigenvalue weighted by molar-refractivity contribution is 5.99. The number of carbonyl (C=O) groups is 1. The van der Waals surface area contributed by atoms with Crippen molar-refractivity contribution in [1.29, 1.82) is 0 Å². The van der Waals surface area contributed by atoms with E-state index in [4.69, 9.17) is 4.84 Å². The molecule has 1 aromatic heterocycles. The van der Waals surface area contributed by atoms with E-state index in [0.29, 0.717) is 35.1 Å². The number of nitrogens with zero attached hydrogens (tertiary/aromatic N) is 1. The number of hydrogen-bond acceptors (Lipinski definition) is 3. The summed E-state index contributed by atoms with van der Waals surface area (Å²) in [5, 5.41) is 3.56. The van der Waals surface area contributed by atoms with E-state index in [-0.39, 0.29) is 24.1 Å². The molecule has 3 aromatic rings. The normalized spacial score (nSPS) is 15.5. The molecule has 2 N–H and O–H groups in total. The third kappa shape index (κ3) is 3.87. The van der Waals surface area contributed by atoms with Gasteiger partial charge >= 0.3 is 0 Å². The first-order valence-corrected chi connectivity index (χ1v) is 9.91. The lowest BCUT2D eigenvalue weighted by Crippen LogP contribution is -2.28. The molecule has 0 unspecified atom stereocenters. The van der Waals surface area contributed by atoms with E-state index in [1.165, 1.54) is 24.3 Å². The second-order valence-electron chi connectivity index (χ2n) is 7.48. The Balaban J connectivity index is 1.49. The average Bonchev–Trinajstić information content (AvgIpc) is 3.11. The molecular weight excluding hydrogens is 400 g/mol. The van der Waals surface area contributed by atoms with E-state index in [9.17, 15) is 13.6 Å². The van der Waals surface area contributed by atoms with Crippen LogP contribution in [0.25, 0.3) is 10.9 Å². The summed E-state index contributed by atoms with van der Waals surface area (Å²) in [7, 11) is 0. The van der Waals surface area contributed by atoms with Crippen molar-refractivity contribution < 1.29 is 18.4 Å². The Morgan fingerprint density at radius 2 is 1.97 bits per heavy atom. The summed E-state index contributed by atoms with van der Waals surface area (Å²) in [4.78, 5) is 18.6. The predicted molar refractivity (Wildman–Crippen MR) is 113 cm³/mol. The standard InChI is InChI=1S/C24H19F2N3O2/c25-18-3-1-2-15(10-18)14-29-21-6-4-19(26)11-17(21)13-22(29)24(30)28-20-5-7-23-16(12-20)8-9-27-31-23/h1-8,10-11,13,27H,9,12,14H2,(H,28,30). The van der Waals surface area contributed by atoms with Crippen LogP contribution in [0.5, 0.6) is 0 Å². The molecule has 0 radical (unpaired) electrons. The van der Waals surface area contributed by atoms with Crippen molar-refractivity contribution in [3.8, 4) is 0 Å². The van der Waals surface area contributed by atoms with Gasteiger partial charge in [-0.05, 0) is 59.7 Å². The quantitative estimate of drug-likeness (QED) is 0.662. The lowest BCUT2D eigenvalue weighted by Gasteiger charge is -2.22. The number of halogens is 2. The molecule has 1 aliphatic heterocycles. The van der Waals surface area contributed by atoms with Gasteiger partial charge < -0.3 is 14.7 Å². The summed E-state index contributed by atoms with van der Waals surface area (Å²) in [6.45, 7) is 0.880. The number of allylic oxidation sites excluding steroid dienone is 4. The molecule has 1 aliphatic carbocycles. The fourth-order valence-corrected chi connectivity index (χ4v) is 3.91. The Morgan fingerprint density at radius 3 is 2.84 bits per heavy atom. The van der Waals surface area contributed by atoms with Crippen LogP contribution in [-0.4, -0.2) is 17.0 Å². The van der Waals surface area contributed by atoms with Crippen molar-refractivity contribution in [2.75, 3.05) is 6.54 Å². The number of hydrogen-bond donors (Lipinski definition) is 2. The maximum absolute atomic E-state index is 13.8. The topological polar surface area (TPSA) is 55.3 Å². The van der Waals surface area contributed by atoms with E-state index < -0.39 is 0 Å². The molecule has 1 amide bonds. The highest BCUT2D eigenvalue weighted by Crippen LogP contribution is 2.27. The van der Waals surface area contributed by atoms with Crippen molar-refractivity contribution in [3.05, 3.63) is 107 Å². The van der Waals surface area contributed by atoms with E-state index >= 15 is 0 Å². The number of rotatable bonds is 4. The number of hydroxylamine groups is 1. The molecule has 2 aliphatic rings. The van der Waals surface area contributed by atoms with Crippen LogP contribution in [0, 0.1) is 11.6 Å². The lowest BCUT2D eigenvalue weighted by molar-refractivity contribution is 0.0953. The van der Waals surface area contributed by atoms with Gasteiger partial charge in [0.1, 0.15) is 17.3 Å². The molecular formula is C24H19F2N3O2. The second kappa shape index (κ2) is 7.85. The van der Waals surface area contributed by atoms with Gasteiger partial charge in [-0.25, -0.2) is 8.78 Å². The smallest absolute Gasteiger partial charge is 0.272 e. The predicted octanol–water partition coefficient (Wildman–Crippen LogP) is 4.33. The van der Waals surface area contributed by atoms with Crippen LogP contribution in [0.15, 0.2) is 83.8 Å². The zero-order chi connectivity index (χ0) is 21.4. The molecule has 0 saturated heterocycles. The summed E-state index contributed by atoms with van der Waals surface area (Å²) < 4.78 is 29.3. The van der Waals surface area contributed by atoms with E-state index in [0.717, 1.165) is 17.0 Å². The van der Waals surface area contributed by atoms with Crippen molar-refractivity contribution in [2.24, 2.45) is 0 Å². The molecule has 7 heteroatoms. The first kappa shape index (κ1) is 19.3. The van der Waals surface area contributed by atoms with Gasteiger partial charge in [0.25, 0.3) is 5.91 Å². The Bertz CT molecular complexity index is 1290. The molecule has 0 fully saturated rings. The monoisotopic (exact) mass is 419 g/mol. The molecule has 0 atom stereocenters.